The Kier molecular flexibility index (Phi) is 5.42. The summed E-state index contributed by atoms with van der Waals surface area (Å²) in [5.74, 6) is 0.614. The van der Waals surface area contributed by atoms with Gasteiger partial charge in [0, 0.05) is 24.5 Å². The molecule has 6 nitrogen and oxygen atoms in total. The van der Waals surface area contributed by atoms with E-state index >= 15 is 0 Å². The highest BCUT2D eigenvalue weighted by molar-refractivity contribution is 7.89. The summed E-state index contributed by atoms with van der Waals surface area (Å²) in [5.41, 5.74) is 1.65. The quantitative estimate of drug-likeness (QED) is 0.687. The van der Waals surface area contributed by atoms with Crippen LogP contribution in [0.1, 0.15) is 5.69 Å². The molecule has 130 valence electrons. The zero-order chi connectivity index (χ0) is 17.7. The second-order valence-corrected chi connectivity index (χ2v) is 7.81. The summed E-state index contributed by atoms with van der Waals surface area (Å²) in [6.45, 7) is 0.278. The van der Waals surface area contributed by atoms with Gasteiger partial charge in [0.15, 0.2) is 0 Å². The van der Waals surface area contributed by atoms with E-state index in [0.29, 0.717) is 12.2 Å². The van der Waals surface area contributed by atoms with E-state index in [2.05, 4.69) is 14.7 Å². The Morgan fingerprint density at radius 3 is 2.64 bits per heavy atom. The zero-order valence-electron chi connectivity index (χ0n) is 13.5. The van der Waals surface area contributed by atoms with Gasteiger partial charge in [-0.3, -0.25) is 4.98 Å². The molecule has 0 bridgehead atoms. The molecule has 0 unspecified atom stereocenters. The second-order valence-electron chi connectivity index (χ2n) is 5.18. The van der Waals surface area contributed by atoms with Crippen molar-refractivity contribution in [2.75, 3.05) is 13.7 Å². The van der Waals surface area contributed by atoms with Crippen molar-refractivity contribution < 1.29 is 13.2 Å². The average molecular weight is 375 g/mol. The number of benzene rings is 1. The van der Waals surface area contributed by atoms with E-state index < -0.39 is 10.0 Å². The minimum Gasteiger partial charge on any atom is -0.497 e. The van der Waals surface area contributed by atoms with Crippen LogP contribution in [0.15, 0.2) is 58.9 Å². The molecule has 3 rings (SSSR count). The predicted molar refractivity (Wildman–Crippen MR) is 97.2 cm³/mol. The van der Waals surface area contributed by atoms with Crippen LogP contribution in [0.2, 0.25) is 0 Å². The Morgan fingerprint density at radius 2 is 1.96 bits per heavy atom. The van der Waals surface area contributed by atoms with Crippen molar-refractivity contribution in [1.82, 2.24) is 14.7 Å². The molecule has 0 atom stereocenters. The van der Waals surface area contributed by atoms with Crippen LogP contribution in [-0.2, 0) is 16.4 Å². The van der Waals surface area contributed by atoms with Crippen molar-refractivity contribution in [2.24, 2.45) is 0 Å². The number of nitrogens with one attached hydrogen (secondary N) is 1. The molecule has 0 spiro atoms. The van der Waals surface area contributed by atoms with Gasteiger partial charge in [0.25, 0.3) is 0 Å². The summed E-state index contributed by atoms with van der Waals surface area (Å²) in [6.07, 6.45) is 2.23. The fourth-order valence-corrected chi connectivity index (χ4v) is 4.04. The summed E-state index contributed by atoms with van der Waals surface area (Å²) in [4.78, 5) is 8.97. The maximum absolute atomic E-state index is 12.3. The Bertz CT molecular complexity index is 923. The first-order valence-electron chi connectivity index (χ1n) is 7.58. The molecule has 0 aliphatic rings. The molecule has 0 aliphatic carbocycles. The first kappa shape index (κ1) is 17.5. The number of hydrogen-bond donors (Lipinski definition) is 1. The lowest BCUT2D eigenvalue weighted by Gasteiger charge is -2.06. The van der Waals surface area contributed by atoms with Crippen molar-refractivity contribution in [3.05, 3.63) is 59.7 Å². The van der Waals surface area contributed by atoms with Crippen molar-refractivity contribution in [3.63, 3.8) is 0 Å². The van der Waals surface area contributed by atoms with Gasteiger partial charge >= 0.3 is 0 Å². The minimum absolute atomic E-state index is 0.209. The van der Waals surface area contributed by atoms with Crippen LogP contribution >= 0.6 is 11.3 Å². The number of hydrogen-bond acceptors (Lipinski definition) is 6. The highest BCUT2D eigenvalue weighted by atomic mass is 32.2. The first-order valence-corrected chi connectivity index (χ1v) is 9.94. The van der Waals surface area contributed by atoms with Crippen molar-refractivity contribution in [1.29, 1.82) is 0 Å². The number of thiazole rings is 1. The van der Waals surface area contributed by atoms with E-state index in [-0.39, 0.29) is 11.4 Å². The zero-order valence-corrected chi connectivity index (χ0v) is 15.2. The van der Waals surface area contributed by atoms with E-state index in [0.717, 1.165) is 16.4 Å². The van der Waals surface area contributed by atoms with Gasteiger partial charge in [-0.15, -0.1) is 11.3 Å². The number of sulfonamides is 1. The lowest BCUT2D eigenvalue weighted by molar-refractivity contribution is 0.414. The highest BCUT2D eigenvalue weighted by Crippen LogP contribution is 2.21. The van der Waals surface area contributed by atoms with E-state index in [1.165, 1.54) is 30.6 Å². The molecule has 0 fully saturated rings. The Balaban J connectivity index is 1.59. The smallest absolute Gasteiger partial charge is 0.240 e. The third-order valence-electron chi connectivity index (χ3n) is 3.48. The van der Waals surface area contributed by atoms with Crippen molar-refractivity contribution in [2.45, 2.75) is 11.3 Å². The summed E-state index contributed by atoms with van der Waals surface area (Å²) < 4.78 is 32.2. The topological polar surface area (TPSA) is 81.2 Å². The molecule has 3 aromatic rings. The molecule has 0 saturated heterocycles. The van der Waals surface area contributed by atoms with Gasteiger partial charge in [0.2, 0.25) is 10.0 Å². The maximum Gasteiger partial charge on any atom is 0.240 e. The van der Waals surface area contributed by atoms with Gasteiger partial charge < -0.3 is 4.74 Å². The molecule has 2 heterocycles. The lowest BCUT2D eigenvalue weighted by atomic mass is 10.3. The monoisotopic (exact) mass is 375 g/mol. The van der Waals surface area contributed by atoms with Crippen LogP contribution in [0.4, 0.5) is 0 Å². The van der Waals surface area contributed by atoms with E-state index in [4.69, 9.17) is 4.74 Å². The number of nitrogens with zero attached hydrogens (tertiary/aromatic N) is 2. The molecule has 0 radical (unpaired) electrons. The molecular formula is C17H17N3O3S2. The predicted octanol–water partition coefficient (Wildman–Crippen LogP) is 2.73. The summed E-state index contributed by atoms with van der Waals surface area (Å²) in [6, 6.07) is 11.9. The van der Waals surface area contributed by atoms with Gasteiger partial charge in [-0.2, -0.15) is 0 Å². The van der Waals surface area contributed by atoms with Crippen molar-refractivity contribution >= 4 is 21.4 Å². The van der Waals surface area contributed by atoms with Crippen LogP contribution in [0.3, 0.4) is 0 Å². The van der Waals surface area contributed by atoms with Gasteiger partial charge in [-0.1, -0.05) is 6.07 Å². The number of pyridine rings is 1. The summed E-state index contributed by atoms with van der Waals surface area (Å²) in [7, 11) is -2.01. The fraction of sp³-hybridized carbons (Fsp3) is 0.176. The maximum atomic E-state index is 12.3. The normalized spacial score (nSPS) is 11.4. The van der Waals surface area contributed by atoms with Gasteiger partial charge in [0.1, 0.15) is 10.8 Å². The highest BCUT2D eigenvalue weighted by Gasteiger charge is 2.14. The fourth-order valence-electron chi connectivity index (χ4n) is 2.18. The minimum atomic E-state index is -3.54. The van der Waals surface area contributed by atoms with Crippen LogP contribution in [0.25, 0.3) is 10.7 Å². The third kappa shape index (κ3) is 4.41. The molecule has 8 heteroatoms. The summed E-state index contributed by atoms with van der Waals surface area (Å²) in [5, 5.41) is 2.75. The standard InChI is InChI=1S/C17H17N3O3S2/c1-23-14-5-7-15(8-6-14)25(21,22)19-11-9-13-12-24-17(20-13)16-4-2-3-10-18-16/h2-8,10,12,19H,9,11H2,1H3. The second kappa shape index (κ2) is 7.73. The molecule has 25 heavy (non-hydrogen) atoms. The number of rotatable bonds is 7. The SMILES string of the molecule is COc1ccc(S(=O)(=O)NCCc2csc(-c3ccccn3)n2)cc1. The Labute approximate surface area is 150 Å². The van der Waals surface area contributed by atoms with Crippen LogP contribution in [0.5, 0.6) is 5.75 Å². The van der Waals surface area contributed by atoms with E-state index in [1.807, 2.05) is 23.6 Å². The lowest BCUT2D eigenvalue weighted by Crippen LogP contribution is -2.26. The third-order valence-corrected chi connectivity index (χ3v) is 5.87. The number of methoxy groups -OCH3 is 1. The van der Waals surface area contributed by atoms with E-state index in [1.54, 1.807) is 18.3 Å². The van der Waals surface area contributed by atoms with Crippen molar-refractivity contribution in [3.8, 4) is 16.5 Å². The molecule has 1 N–H and O–H groups in total. The average Bonchev–Trinajstić information content (AvgIpc) is 3.11. The Hall–Kier alpha value is -2.29. The molecule has 0 aliphatic heterocycles. The van der Waals surface area contributed by atoms with E-state index in [9.17, 15) is 8.42 Å². The molecule has 0 amide bonds. The van der Waals surface area contributed by atoms with Crippen LogP contribution < -0.4 is 9.46 Å². The van der Waals surface area contributed by atoms with Gasteiger partial charge in [-0.05, 0) is 36.4 Å². The van der Waals surface area contributed by atoms with Gasteiger partial charge in [-0.25, -0.2) is 18.1 Å². The molecule has 1 aromatic carbocycles. The molecular weight excluding hydrogens is 358 g/mol. The molecule has 2 aromatic heterocycles. The van der Waals surface area contributed by atoms with Crippen LogP contribution in [-0.4, -0.2) is 32.0 Å². The Morgan fingerprint density at radius 1 is 1.16 bits per heavy atom. The van der Waals surface area contributed by atoms with Gasteiger partial charge in [0.05, 0.1) is 23.4 Å². The number of ether oxygens (including phenoxy) is 1. The van der Waals surface area contributed by atoms with Crippen LogP contribution in [0, 0.1) is 0 Å². The number of aromatic nitrogens is 2. The largest absolute Gasteiger partial charge is 0.497 e. The summed E-state index contributed by atoms with van der Waals surface area (Å²) >= 11 is 1.50. The first-order chi connectivity index (χ1) is 12.1. The molecule has 0 saturated carbocycles.